The number of thiazole rings is 1. The monoisotopic (exact) mass is 287 g/mol. The SMILES string of the molecule is COCCN(CC(=O)O)C(=O)NCc1ncc(C)s1. The molecule has 1 aromatic rings. The van der Waals surface area contributed by atoms with E-state index in [1.165, 1.54) is 23.3 Å². The molecule has 0 aromatic carbocycles. The Labute approximate surface area is 115 Å². The van der Waals surface area contributed by atoms with E-state index in [0.717, 1.165) is 9.88 Å². The number of rotatable bonds is 7. The highest BCUT2D eigenvalue weighted by Crippen LogP contribution is 2.10. The summed E-state index contributed by atoms with van der Waals surface area (Å²) in [5, 5.41) is 12.2. The van der Waals surface area contributed by atoms with Crippen molar-refractivity contribution in [3.05, 3.63) is 16.1 Å². The van der Waals surface area contributed by atoms with Crippen molar-refractivity contribution in [3.8, 4) is 0 Å². The van der Waals surface area contributed by atoms with Gasteiger partial charge in [0.05, 0.1) is 13.2 Å². The summed E-state index contributed by atoms with van der Waals surface area (Å²) < 4.78 is 4.85. The van der Waals surface area contributed by atoms with Crippen molar-refractivity contribution in [1.82, 2.24) is 15.2 Å². The molecule has 1 aromatic heterocycles. The third kappa shape index (κ3) is 5.66. The third-order valence-electron chi connectivity index (χ3n) is 2.24. The van der Waals surface area contributed by atoms with Crippen molar-refractivity contribution in [1.29, 1.82) is 0 Å². The van der Waals surface area contributed by atoms with Crippen LogP contribution in [0, 0.1) is 6.92 Å². The maximum absolute atomic E-state index is 11.8. The first-order valence-corrected chi connectivity index (χ1v) is 6.49. The molecule has 2 amide bonds. The van der Waals surface area contributed by atoms with Gasteiger partial charge in [0.2, 0.25) is 0 Å². The van der Waals surface area contributed by atoms with Crippen molar-refractivity contribution < 1.29 is 19.4 Å². The second kappa shape index (κ2) is 7.70. The number of carboxylic acid groups (broad SMARTS) is 1. The van der Waals surface area contributed by atoms with Crippen LogP contribution in [0.2, 0.25) is 0 Å². The number of carbonyl (C=O) groups excluding carboxylic acids is 1. The lowest BCUT2D eigenvalue weighted by Crippen LogP contribution is -2.44. The molecule has 0 saturated heterocycles. The van der Waals surface area contributed by atoms with Gasteiger partial charge in [0, 0.05) is 24.7 Å². The number of aryl methyl sites for hydroxylation is 1. The smallest absolute Gasteiger partial charge is 0.323 e. The number of nitrogens with one attached hydrogen (secondary N) is 1. The van der Waals surface area contributed by atoms with Gasteiger partial charge in [0.15, 0.2) is 0 Å². The number of carboxylic acids is 1. The summed E-state index contributed by atoms with van der Waals surface area (Å²) in [7, 11) is 1.50. The number of aliphatic carboxylic acids is 1. The van der Waals surface area contributed by atoms with Gasteiger partial charge in [-0.25, -0.2) is 9.78 Å². The van der Waals surface area contributed by atoms with Gasteiger partial charge in [-0.05, 0) is 6.92 Å². The van der Waals surface area contributed by atoms with Crippen LogP contribution in [0.5, 0.6) is 0 Å². The molecule has 0 spiro atoms. The summed E-state index contributed by atoms with van der Waals surface area (Å²) in [5.74, 6) is -1.06. The number of amides is 2. The minimum atomic E-state index is -1.06. The van der Waals surface area contributed by atoms with E-state index in [2.05, 4.69) is 10.3 Å². The Kier molecular flexibility index (Phi) is 6.23. The second-order valence-electron chi connectivity index (χ2n) is 3.83. The maximum Gasteiger partial charge on any atom is 0.323 e. The molecule has 0 radical (unpaired) electrons. The highest BCUT2D eigenvalue weighted by molar-refractivity contribution is 7.11. The van der Waals surface area contributed by atoms with E-state index in [1.54, 1.807) is 6.20 Å². The third-order valence-corrected chi connectivity index (χ3v) is 3.15. The van der Waals surface area contributed by atoms with Crippen LogP contribution in [0.15, 0.2) is 6.20 Å². The lowest BCUT2D eigenvalue weighted by molar-refractivity contribution is -0.137. The van der Waals surface area contributed by atoms with Crippen LogP contribution >= 0.6 is 11.3 Å². The van der Waals surface area contributed by atoms with E-state index in [1.807, 2.05) is 6.92 Å². The van der Waals surface area contributed by atoms with Crippen LogP contribution in [0.1, 0.15) is 9.88 Å². The van der Waals surface area contributed by atoms with E-state index in [9.17, 15) is 9.59 Å². The largest absolute Gasteiger partial charge is 0.480 e. The summed E-state index contributed by atoms with van der Waals surface area (Å²) in [6.07, 6.45) is 1.73. The zero-order valence-corrected chi connectivity index (χ0v) is 11.7. The van der Waals surface area contributed by atoms with Crippen LogP contribution in [0.25, 0.3) is 0 Å². The molecule has 0 fully saturated rings. The molecule has 7 nitrogen and oxygen atoms in total. The summed E-state index contributed by atoms with van der Waals surface area (Å²) in [6.45, 7) is 2.38. The van der Waals surface area contributed by atoms with Crippen LogP contribution in [0.4, 0.5) is 4.79 Å². The van der Waals surface area contributed by atoms with Gasteiger partial charge >= 0.3 is 12.0 Å². The molecule has 1 rings (SSSR count). The summed E-state index contributed by atoms with van der Waals surface area (Å²) >= 11 is 1.49. The number of nitrogens with zero attached hydrogens (tertiary/aromatic N) is 2. The topological polar surface area (TPSA) is 91.8 Å². The van der Waals surface area contributed by atoms with Gasteiger partial charge in [-0.1, -0.05) is 0 Å². The number of hydrogen-bond acceptors (Lipinski definition) is 5. The van der Waals surface area contributed by atoms with Crippen molar-refractivity contribution in [2.45, 2.75) is 13.5 Å². The Morgan fingerprint density at radius 1 is 1.58 bits per heavy atom. The van der Waals surface area contributed by atoms with Crippen LogP contribution in [0.3, 0.4) is 0 Å². The summed E-state index contributed by atoms with van der Waals surface area (Å²) in [4.78, 5) is 28.9. The van der Waals surface area contributed by atoms with Gasteiger partial charge in [0.1, 0.15) is 11.6 Å². The molecule has 106 valence electrons. The molecule has 0 bridgehead atoms. The second-order valence-corrected chi connectivity index (χ2v) is 5.15. The fourth-order valence-electron chi connectivity index (χ4n) is 1.36. The molecule has 0 aliphatic heterocycles. The lowest BCUT2D eigenvalue weighted by atomic mass is 10.5. The fraction of sp³-hybridized carbons (Fsp3) is 0.545. The Hall–Kier alpha value is -1.67. The number of urea groups is 1. The van der Waals surface area contributed by atoms with E-state index in [4.69, 9.17) is 9.84 Å². The molecule has 0 atom stereocenters. The Morgan fingerprint density at radius 2 is 2.32 bits per heavy atom. The first-order valence-electron chi connectivity index (χ1n) is 5.67. The van der Waals surface area contributed by atoms with Gasteiger partial charge < -0.3 is 20.1 Å². The zero-order valence-electron chi connectivity index (χ0n) is 10.9. The van der Waals surface area contributed by atoms with Crippen LogP contribution in [-0.2, 0) is 16.1 Å². The molecule has 2 N–H and O–H groups in total. The highest BCUT2D eigenvalue weighted by Gasteiger charge is 2.16. The predicted molar refractivity (Wildman–Crippen MR) is 70.2 cm³/mol. The van der Waals surface area contributed by atoms with E-state index < -0.39 is 12.0 Å². The molecule has 0 aliphatic carbocycles. The van der Waals surface area contributed by atoms with Crippen molar-refractivity contribution in [2.75, 3.05) is 26.8 Å². The Morgan fingerprint density at radius 3 is 2.84 bits per heavy atom. The molecule has 1 heterocycles. The molecule has 0 aliphatic rings. The van der Waals surface area contributed by atoms with Gasteiger partial charge in [-0.15, -0.1) is 11.3 Å². The standard InChI is InChI=1S/C11H17N3O4S/c1-8-5-12-9(19-8)6-13-11(17)14(3-4-18-2)7-10(15)16/h5H,3-4,6-7H2,1-2H3,(H,13,17)(H,15,16). The average Bonchev–Trinajstić information content (AvgIpc) is 2.77. The van der Waals surface area contributed by atoms with Crippen LogP contribution in [-0.4, -0.2) is 53.8 Å². The van der Waals surface area contributed by atoms with Gasteiger partial charge in [0.25, 0.3) is 0 Å². The van der Waals surface area contributed by atoms with Crippen molar-refractivity contribution in [3.63, 3.8) is 0 Å². The average molecular weight is 287 g/mol. The summed E-state index contributed by atoms with van der Waals surface area (Å²) in [6, 6.07) is -0.438. The van der Waals surface area contributed by atoms with E-state index in [-0.39, 0.29) is 19.7 Å². The van der Waals surface area contributed by atoms with Crippen LogP contribution < -0.4 is 5.32 Å². The van der Waals surface area contributed by atoms with Crippen molar-refractivity contribution >= 4 is 23.3 Å². The highest BCUT2D eigenvalue weighted by atomic mass is 32.1. The Bertz CT molecular complexity index is 435. The summed E-state index contributed by atoms with van der Waals surface area (Å²) in [5.41, 5.74) is 0. The minimum absolute atomic E-state index is 0.228. The molecular weight excluding hydrogens is 270 g/mol. The normalized spacial score (nSPS) is 10.2. The first kappa shape index (κ1) is 15.4. The Balaban J connectivity index is 2.48. The number of methoxy groups -OCH3 is 1. The lowest BCUT2D eigenvalue weighted by Gasteiger charge is -2.20. The molecule has 19 heavy (non-hydrogen) atoms. The number of carbonyl (C=O) groups is 2. The number of ether oxygens (including phenoxy) is 1. The number of aromatic nitrogens is 1. The first-order chi connectivity index (χ1) is 9.02. The van der Waals surface area contributed by atoms with E-state index in [0.29, 0.717) is 6.54 Å². The molecular formula is C11H17N3O4S. The molecule has 8 heteroatoms. The van der Waals surface area contributed by atoms with Gasteiger partial charge in [-0.3, -0.25) is 4.79 Å². The van der Waals surface area contributed by atoms with Gasteiger partial charge in [-0.2, -0.15) is 0 Å². The molecule has 0 saturated carbocycles. The quantitative estimate of drug-likeness (QED) is 0.770. The predicted octanol–water partition coefficient (Wildman–Crippen LogP) is 0.694. The fourth-order valence-corrected chi connectivity index (χ4v) is 2.09. The number of hydrogen-bond donors (Lipinski definition) is 2. The molecule has 0 unspecified atom stereocenters. The van der Waals surface area contributed by atoms with Crippen molar-refractivity contribution in [2.24, 2.45) is 0 Å². The minimum Gasteiger partial charge on any atom is -0.480 e. The van der Waals surface area contributed by atoms with E-state index >= 15 is 0 Å². The zero-order chi connectivity index (χ0) is 14.3. The maximum atomic E-state index is 11.8.